The highest BCUT2D eigenvalue weighted by molar-refractivity contribution is 5.13. The minimum atomic E-state index is -0.531. The lowest BCUT2D eigenvalue weighted by molar-refractivity contribution is 0.0265. The zero-order valence-electron chi connectivity index (χ0n) is 11.7. The molecular weight excluding hydrogens is 242 g/mol. The molecular formula is C15H25NO3. The molecule has 0 saturated heterocycles. The van der Waals surface area contributed by atoms with Gasteiger partial charge in [-0.1, -0.05) is 37.3 Å². The van der Waals surface area contributed by atoms with Crippen molar-refractivity contribution in [3.05, 3.63) is 35.9 Å². The van der Waals surface area contributed by atoms with Gasteiger partial charge in [-0.25, -0.2) is 0 Å². The second kappa shape index (κ2) is 9.04. The van der Waals surface area contributed by atoms with Gasteiger partial charge in [-0.2, -0.15) is 0 Å². The maximum Gasteiger partial charge on any atom is 0.0897 e. The summed E-state index contributed by atoms with van der Waals surface area (Å²) < 4.78 is 5.46. The quantitative estimate of drug-likeness (QED) is 0.628. The molecule has 1 aromatic rings. The molecule has 0 amide bonds. The number of aliphatic hydroxyl groups excluding tert-OH is 2. The van der Waals surface area contributed by atoms with Crippen LogP contribution in [0.15, 0.2) is 30.3 Å². The molecule has 4 heteroatoms. The van der Waals surface area contributed by atoms with Crippen LogP contribution in [0.1, 0.15) is 19.4 Å². The molecule has 0 aliphatic carbocycles. The van der Waals surface area contributed by atoms with Crippen molar-refractivity contribution in [1.29, 1.82) is 0 Å². The van der Waals surface area contributed by atoms with Gasteiger partial charge in [-0.05, 0) is 18.4 Å². The fraction of sp³-hybridized carbons (Fsp3) is 0.600. The Bertz CT molecular complexity index is 331. The van der Waals surface area contributed by atoms with Crippen LogP contribution in [0, 0.1) is 5.92 Å². The Balaban J connectivity index is 2.13. The van der Waals surface area contributed by atoms with Gasteiger partial charge in [-0.15, -0.1) is 0 Å². The molecule has 0 spiro atoms. The fourth-order valence-corrected chi connectivity index (χ4v) is 1.63. The fourth-order valence-electron chi connectivity index (χ4n) is 1.63. The topological polar surface area (TPSA) is 61.7 Å². The summed E-state index contributed by atoms with van der Waals surface area (Å²) >= 11 is 0. The molecule has 0 radical (unpaired) electrons. The molecule has 0 saturated carbocycles. The lowest BCUT2D eigenvalue weighted by Crippen LogP contribution is -2.40. The highest BCUT2D eigenvalue weighted by atomic mass is 16.5. The number of ether oxygens (including phenoxy) is 1. The van der Waals surface area contributed by atoms with Crippen molar-refractivity contribution < 1.29 is 14.9 Å². The van der Waals surface area contributed by atoms with Crippen LogP contribution in [0.5, 0.6) is 0 Å². The monoisotopic (exact) mass is 267 g/mol. The predicted molar refractivity (Wildman–Crippen MR) is 75.8 cm³/mol. The third kappa shape index (κ3) is 6.68. The van der Waals surface area contributed by atoms with Crippen molar-refractivity contribution in [2.45, 2.75) is 32.6 Å². The van der Waals surface area contributed by atoms with E-state index in [1.807, 2.05) is 44.2 Å². The van der Waals surface area contributed by atoms with Crippen molar-refractivity contribution in [3.63, 3.8) is 0 Å². The van der Waals surface area contributed by atoms with Crippen molar-refractivity contribution in [2.24, 2.45) is 5.92 Å². The van der Waals surface area contributed by atoms with E-state index in [9.17, 15) is 5.11 Å². The molecule has 0 heterocycles. The molecule has 108 valence electrons. The molecule has 3 unspecified atom stereocenters. The highest BCUT2D eigenvalue weighted by Crippen LogP contribution is 2.02. The SMILES string of the molecule is CC(CO)C(C)NCC(O)COCc1ccccc1. The van der Waals surface area contributed by atoms with Gasteiger partial charge in [0.1, 0.15) is 0 Å². The Morgan fingerprint density at radius 1 is 1.21 bits per heavy atom. The third-order valence-corrected chi connectivity index (χ3v) is 3.24. The van der Waals surface area contributed by atoms with Gasteiger partial charge in [-0.3, -0.25) is 0 Å². The molecule has 0 aliphatic heterocycles. The van der Waals surface area contributed by atoms with E-state index in [-0.39, 0.29) is 18.6 Å². The van der Waals surface area contributed by atoms with Crippen molar-refractivity contribution in [1.82, 2.24) is 5.32 Å². The van der Waals surface area contributed by atoms with Gasteiger partial charge in [0, 0.05) is 19.2 Å². The van der Waals surface area contributed by atoms with E-state index in [1.54, 1.807) is 0 Å². The second-order valence-corrected chi connectivity index (χ2v) is 5.01. The maximum absolute atomic E-state index is 9.78. The van der Waals surface area contributed by atoms with E-state index in [4.69, 9.17) is 9.84 Å². The van der Waals surface area contributed by atoms with Gasteiger partial charge in [0.25, 0.3) is 0 Å². The van der Waals surface area contributed by atoms with Gasteiger partial charge in [0.05, 0.1) is 19.3 Å². The zero-order valence-corrected chi connectivity index (χ0v) is 11.7. The molecule has 4 nitrogen and oxygen atoms in total. The number of aliphatic hydroxyl groups is 2. The van der Waals surface area contributed by atoms with Crippen LogP contribution >= 0.6 is 0 Å². The molecule has 0 aliphatic rings. The number of rotatable bonds is 9. The van der Waals surface area contributed by atoms with Gasteiger partial charge in [0.15, 0.2) is 0 Å². The molecule has 1 aromatic carbocycles. The number of nitrogens with one attached hydrogen (secondary N) is 1. The van der Waals surface area contributed by atoms with Crippen LogP contribution in [-0.4, -0.2) is 42.1 Å². The van der Waals surface area contributed by atoms with E-state index in [2.05, 4.69) is 5.32 Å². The van der Waals surface area contributed by atoms with E-state index in [1.165, 1.54) is 0 Å². The van der Waals surface area contributed by atoms with Crippen molar-refractivity contribution in [3.8, 4) is 0 Å². The highest BCUT2D eigenvalue weighted by Gasteiger charge is 2.12. The minimum Gasteiger partial charge on any atom is -0.396 e. The normalized spacial score (nSPS) is 16.0. The molecule has 0 aromatic heterocycles. The van der Waals surface area contributed by atoms with E-state index >= 15 is 0 Å². The summed E-state index contributed by atoms with van der Waals surface area (Å²) in [4.78, 5) is 0. The van der Waals surface area contributed by atoms with E-state index < -0.39 is 6.10 Å². The molecule has 3 atom stereocenters. The number of hydrogen-bond acceptors (Lipinski definition) is 4. The van der Waals surface area contributed by atoms with Gasteiger partial charge >= 0.3 is 0 Å². The summed E-state index contributed by atoms with van der Waals surface area (Å²) in [5.74, 6) is 0.178. The molecule has 1 rings (SSSR count). The van der Waals surface area contributed by atoms with Crippen LogP contribution in [0.4, 0.5) is 0 Å². The van der Waals surface area contributed by atoms with Crippen LogP contribution in [0.25, 0.3) is 0 Å². The van der Waals surface area contributed by atoms with Crippen LogP contribution in [0.3, 0.4) is 0 Å². The Kier molecular flexibility index (Phi) is 7.67. The van der Waals surface area contributed by atoms with Gasteiger partial charge < -0.3 is 20.3 Å². The maximum atomic E-state index is 9.78. The summed E-state index contributed by atoms with van der Waals surface area (Å²) in [6, 6.07) is 10.1. The second-order valence-electron chi connectivity index (χ2n) is 5.01. The predicted octanol–water partition coefficient (Wildman–Crippen LogP) is 1.17. The molecule has 0 fully saturated rings. The summed E-state index contributed by atoms with van der Waals surface area (Å²) in [6.07, 6.45) is -0.531. The van der Waals surface area contributed by atoms with Crippen LogP contribution in [-0.2, 0) is 11.3 Å². The average molecular weight is 267 g/mol. The van der Waals surface area contributed by atoms with Gasteiger partial charge in [0.2, 0.25) is 0 Å². The lowest BCUT2D eigenvalue weighted by atomic mass is 10.1. The Morgan fingerprint density at radius 3 is 2.53 bits per heavy atom. The van der Waals surface area contributed by atoms with Crippen LogP contribution in [0.2, 0.25) is 0 Å². The summed E-state index contributed by atoms with van der Waals surface area (Å²) in [5, 5.41) is 22.0. The van der Waals surface area contributed by atoms with E-state index in [0.29, 0.717) is 19.8 Å². The Labute approximate surface area is 115 Å². The number of hydrogen-bond donors (Lipinski definition) is 3. The first-order valence-electron chi connectivity index (χ1n) is 6.77. The Morgan fingerprint density at radius 2 is 1.89 bits per heavy atom. The standard InChI is InChI=1S/C15H25NO3/c1-12(9-17)13(2)16-8-15(18)11-19-10-14-6-4-3-5-7-14/h3-7,12-13,15-18H,8-11H2,1-2H3. The molecule has 0 bridgehead atoms. The van der Waals surface area contributed by atoms with Crippen molar-refractivity contribution >= 4 is 0 Å². The first-order valence-corrected chi connectivity index (χ1v) is 6.77. The summed E-state index contributed by atoms with van der Waals surface area (Å²) in [7, 11) is 0. The smallest absolute Gasteiger partial charge is 0.0897 e. The Hall–Kier alpha value is -0.940. The average Bonchev–Trinajstić information content (AvgIpc) is 2.45. The van der Waals surface area contributed by atoms with E-state index in [0.717, 1.165) is 5.56 Å². The largest absolute Gasteiger partial charge is 0.396 e. The minimum absolute atomic E-state index is 0.148. The first kappa shape index (κ1) is 16.1. The summed E-state index contributed by atoms with van der Waals surface area (Å²) in [5.41, 5.74) is 1.10. The molecule has 3 N–H and O–H groups in total. The lowest BCUT2D eigenvalue weighted by Gasteiger charge is -2.21. The molecule has 19 heavy (non-hydrogen) atoms. The first-order chi connectivity index (χ1) is 9.13. The van der Waals surface area contributed by atoms with Crippen LogP contribution < -0.4 is 5.32 Å². The number of benzene rings is 1. The third-order valence-electron chi connectivity index (χ3n) is 3.24. The zero-order chi connectivity index (χ0) is 14.1. The van der Waals surface area contributed by atoms with Crippen molar-refractivity contribution in [2.75, 3.05) is 19.8 Å². The summed E-state index contributed by atoms with van der Waals surface area (Å²) in [6.45, 7) is 5.41.